The van der Waals surface area contributed by atoms with E-state index < -0.39 is 0 Å². The van der Waals surface area contributed by atoms with Crippen LogP contribution in [0.25, 0.3) is 11.5 Å². The molecule has 0 N–H and O–H groups in total. The van der Waals surface area contributed by atoms with Gasteiger partial charge in [-0.3, -0.25) is 4.98 Å². The first-order valence-electron chi connectivity index (χ1n) is 8.92. The summed E-state index contributed by atoms with van der Waals surface area (Å²) in [6.45, 7) is 8.27. The minimum absolute atomic E-state index is 0.601. The molecule has 1 aromatic carbocycles. The van der Waals surface area contributed by atoms with Gasteiger partial charge in [0.15, 0.2) is 5.82 Å². The number of benzene rings is 1. The van der Waals surface area contributed by atoms with Gasteiger partial charge in [-0.15, -0.1) is 0 Å². The molecule has 1 aliphatic heterocycles. The molecule has 0 aliphatic carbocycles. The fourth-order valence-electron chi connectivity index (χ4n) is 3.42. The largest absolute Gasteiger partial charge is 0.347 e. The average Bonchev–Trinajstić information content (AvgIpc) is 2.99. The molecule has 0 saturated carbocycles. The Balaban J connectivity index is 1.69. The Bertz CT molecular complexity index is 877. The zero-order valence-electron chi connectivity index (χ0n) is 15.1. The molecule has 0 bridgehead atoms. The van der Waals surface area contributed by atoms with Gasteiger partial charge in [-0.25, -0.2) is 4.98 Å². The lowest BCUT2D eigenvalue weighted by Gasteiger charge is -2.31. The summed E-state index contributed by atoms with van der Waals surface area (Å²) in [7, 11) is 0. The van der Waals surface area contributed by atoms with Crippen molar-refractivity contribution in [3.8, 4) is 11.5 Å². The van der Waals surface area contributed by atoms with Crippen LogP contribution in [0.4, 0.5) is 5.69 Å². The number of aromatic nitrogens is 3. The number of imidazole rings is 1. The van der Waals surface area contributed by atoms with Gasteiger partial charge in [0.2, 0.25) is 0 Å². The van der Waals surface area contributed by atoms with E-state index in [2.05, 4.69) is 71.8 Å². The van der Waals surface area contributed by atoms with Gasteiger partial charge in [-0.05, 0) is 37.0 Å². The second-order valence-corrected chi connectivity index (χ2v) is 7.32. The number of aryl methyl sites for hydroxylation is 1. The van der Waals surface area contributed by atoms with E-state index in [0.717, 1.165) is 42.5 Å². The molecule has 2 aromatic heterocycles. The molecule has 1 aliphatic rings. The van der Waals surface area contributed by atoms with Gasteiger partial charge >= 0.3 is 0 Å². The molecule has 0 fully saturated rings. The van der Waals surface area contributed by atoms with Crippen molar-refractivity contribution in [3.05, 3.63) is 65.6 Å². The lowest BCUT2D eigenvalue weighted by Crippen LogP contribution is -2.30. The van der Waals surface area contributed by atoms with Crippen LogP contribution in [0.2, 0.25) is 0 Å². The molecule has 0 radical (unpaired) electrons. The Morgan fingerprint density at radius 2 is 1.92 bits per heavy atom. The summed E-state index contributed by atoms with van der Waals surface area (Å²) in [5, 5.41) is 0. The lowest BCUT2D eigenvalue weighted by atomic mass is 10.1. The van der Waals surface area contributed by atoms with Crippen LogP contribution in [0.5, 0.6) is 0 Å². The standard InChI is InChI=1S/C21H24N4/c1-15(2)11-18-13-25-14-24(12-17-8-6-16(3)7-9-17)19-5-4-10-22-20(19)21(25)23-18/h4-10,13,15H,11-12,14H2,1-3H3. The van der Waals surface area contributed by atoms with Gasteiger partial charge in [-0.2, -0.15) is 0 Å². The second-order valence-electron chi connectivity index (χ2n) is 7.32. The average molecular weight is 332 g/mol. The van der Waals surface area contributed by atoms with E-state index >= 15 is 0 Å². The van der Waals surface area contributed by atoms with Crippen LogP contribution in [-0.2, 0) is 19.6 Å². The van der Waals surface area contributed by atoms with Crippen LogP contribution in [0, 0.1) is 12.8 Å². The molecule has 0 spiro atoms. The van der Waals surface area contributed by atoms with Crippen molar-refractivity contribution in [2.24, 2.45) is 5.92 Å². The van der Waals surface area contributed by atoms with E-state index in [-0.39, 0.29) is 0 Å². The van der Waals surface area contributed by atoms with Gasteiger partial charge in [0.1, 0.15) is 5.69 Å². The Hall–Kier alpha value is -2.62. The van der Waals surface area contributed by atoms with Crippen LogP contribution in [0.15, 0.2) is 48.8 Å². The number of hydrogen-bond acceptors (Lipinski definition) is 3. The monoisotopic (exact) mass is 332 g/mol. The first kappa shape index (κ1) is 15.9. The van der Waals surface area contributed by atoms with Crippen LogP contribution in [0.1, 0.15) is 30.7 Å². The van der Waals surface area contributed by atoms with Crippen LogP contribution in [0.3, 0.4) is 0 Å². The fraction of sp³-hybridized carbons (Fsp3) is 0.333. The topological polar surface area (TPSA) is 34.0 Å². The first-order chi connectivity index (χ1) is 12.1. The quantitative estimate of drug-likeness (QED) is 0.709. The zero-order chi connectivity index (χ0) is 17.4. The second kappa shape index (κ2) is 6.36. The fourth-order valence-corrected chi connectivity index (χ4v) is 3.42. The molecule has 3 heterocycles. The minimum Gasteiger partial charge on any atom is -0.347 e. The van der Waals surface area contributed by atoms with Gasteiger partial charge in [0.25, 0.3) is 0 Å². The number of anilines is 1. The highest BCUT2D eigenvalue weighted by atomic mass is 15.3. The van der Waals surface area contributed by atoms with Crippen molar-refractivity contribution in [2.45, 2.75) is 40.4 Å². The summed E-state index contributed by atoms with van der Waals surface area (Å²) >= 11 is 0. The maximum atomic E-state index is 4.86. The Morgan fingerprint density at radius 3 is 2.68 bits per heavy atom. The lowest BCUT2D eigenvalue weighted by molar-refractivity contribution is 0.618. The van der Waals surface area contributed by atoms with Gasteiger partial charge in [0, 0.05) is 18.9 Å². The van der Waals surface area contributed by atoms with Crippen molar-refractivity contribution >= 4 is 5.69 Å². The third-order valence-corrected chi connectivity index (χ3v) is 4.60. The normalized spacial score (nSPS) is 13.0. The number of nitrogens with zero attached hydrogens (tertiary/aromatic N) is 4. The minimum atomic E-state index is 0.601. The smallest absolute Gasteiger partial charge is 0.162 e. The van der Waals surface area contributed by atoms with Crippen molar-refractivity contribution in [1.82, 2.24) is 14.5 Å². The number of pyridine rings is 1. The van der Waals surface area contributed by atoms with E-state index in [0.29, 0.717) is 5.92 Å². The molecule has 4 nitrogen and oxygen atoms in total. The highest BCUT2D eigenvalue weighted by Gasteiger charge is 2.25. The van der Waals surface area contributed by atoms with E-state index in [1.807, 2.05) is 12.3 Å². The maximum absolute atomic E-state index is 4.86. The molecule has 0 atom stereocenters. The summed E-state index contributed by atoms with van der Waals surface area (Å²) in [5.41, 5.74) is 5.90. The molecular weight excluding hydrogens is 308 g/mol. The van der Waals surface area contributed by atoms with E-state index in [1.165, 1.54) is 11.1 Å². The van der Waals surface area contributed by atoms with E-state index in [1.54, 1.807) is 0 Å². The maximum Gasteiger partial charge on any atom is 0.162 e. The van der Waals surface area contributed by atoms with Crippen molar-refractivity contribution < 1.29 is 0 Å². The molecule has 0 amide bonds. The summed E-state index contributed by atoms with van der Waals surface area (Å²) in [4.78, 5) is 11.9. The van der Waals surface area contributed by atoms with E-state index in [9.17, 15) is 0 Å². The molecule has 4 heteroatoms. The zero-order valence-corrected chi connectivity index (χ0v) is 15.1. The van der Waals surface area contributed by atoms with Crippen molar-refractivity contribution in [3.63, 3.8) is 0 Å². The predicted molar refractivity (Wildman–Crippen MR) is 101 cm³/mol. The molecular formula is C21H24N4. The van der Waals surface area contributed by atoms with Gasteiger partial charge in [0.05, 0.1) is 18.1 Å². The summed E-state index contributed by atoms with van der Waals surface area (Å²) in [6, 6.07) is 12.9. The summed E-state index contributed by atoms with van der Waals surface area (Å²) < 4.78 is 2.24. The van der Waals surface area contributed by atoms with Crippen LogP contribution in [-0.4, -0.2) is 14.5 Å². The third-order valence-electron chi connectivity index (χ3n) is 4.60. The number of fused-ring (bicyclic) bond motifs is 3. The SMILES string of the molecule is Cc1ccc(CN2Cn3cc(CC(C)C)nc3-c3ncccc32)cc1. The highest BCUT2D eigenvalue weighted by Crippen LogP contribution is 2.34. The third kappa shape index (κ3) is 3.16. The molecule has 128 valence electrons. The Morgan fingerprint density at radius 1 is 1.12 bits per heavy atom. The molecule has 3 aromatic rings. The van der Waals surface area contributed by atoms with Gasteiger partial charge in [-0.1, -0.05) is 43.7 Å². The predicted octanol–water partition coefficient (Wildman–Crippen LogP) is 4.43. The molecule has 0 saturated heterocycles. The number of rotatable bonds is 4. The summed E-state index contributed by atoms with van der Waals surface area (Å²) in [6.07, 6.45) is 5.05. The molecule has 0 unspecified atom stereocenters. The Labute approximate surface area is 149 Å². The van der Waals surface area contributed by atoms with Crippen molar-refractivity contribution in [2.75, 3.05) is 4.90 Å². The van der Waals surface area contributed by atoms with Gasteiger partial charge < -0.3 is 9.47 Å². The molecule has 25 heavy (non-hydrogen) atoms. The van der Waals surface area contributed by atoms with Crippen LogP contribution < -0.4 is 4.90 Å². The highest BCUT2D eigenvalue weighted by molar-refractivity contribution is 5.72. The summed E-state index contributed by atoms with van der Waals surface area (Å²) in [5.74, 6) is 1.59. The van der Waals surface area contributed by atoms with Crippen LogP contribution >= 0.6 is 0 Å². The first-order valence-corrected chi connectivity index (χ1v) is 8.92. The number of hydrogen-bond donors (Lipinski definition) is 0. The molecule has 4 rings (SSSR count). The van der Waals surface area contributed by atoms with Crippen molar-refractivity contribution in [1.29, 1.82) is 0 Å². The Kier molecular flexibility index (Phi) is 4.04. The van der Waals surface area contributed by atoms with E-state index in [4.69, 9.17) is 4.98 Å².